The number of aromatic nitrogens is 1. The van der Waals surface area contributed by atoms with Crippen molar-refractivity contribution in [1.82, 2.24) is 4.98 Å². The smallest absolute Gasteiger partial charge is 0.138 e. The van der Waals surface area contributed by atoms with Crippen molar-refractivity contribution in [3.63, 3.8) is 0 Å². The highest BCUT2D eigenvalue weighted by Crippen LogP contribution is 2.17. The Hall–Kier alpha value is -1.58. The van der Waals surface area contributed by atoms with Crippen LogP contribution in [0.25, 0.3) is 0 Å². The Morgan fingerprint density at radius 1 is 1.21 bits per heavy atom. The minimum Gasteiger partial charge on any atom is -0.487 e. The molecule has 19 heavy (non-hydrogen) atoms. The molecule has 2 N–H and O–H groups in total. The van der Waals surface area contributed by atoms with Crippen molar-refractivity contribution in [3.05, 3.63) is 58.9 Å². The zero-order chi connectivity index (χ0) is 13.7. The summed E-state index contributed by atoms with van der Waals surface area (Å²) in [5, 5.41) is 0.725. The lowest BCUT2D eigenvalue weighted by Crippen LogP contribution is -2.10. The number of rotatable bonds is 5. The predicted molar refractivity (Wildman–Crippen MR) is 77.2 cm³/mol. The zero-order valence-corrected chi connectivity index (χ0v) is 11.6. The first-order valence-electron chi connectivity index (χ1n) is 6.28. The van der Waals surface area contributed by atoms with Gasteiger partial charge >= 0.3 is 0 Å². The van der Waals surface area contributed by atoms with Crippen molar-refractivity contribution in [2.24, 2.45) is 5.73 Å². The van der Waals surface area contributed by atoms with Crippen LogP contribution in [0.15, 0.2) is 42.6 Å². The van der Waals surface area contributed by atoms with Gasteiger partial charge in [0.2, 0.25) is 0 Å². The third-order valence-corrected chi connectivity index (χ3v) is 3.15. The van der Waals surface area contributed by atoms with Crippen molar-refractivity contribution in [3.8, 4) is 5.75 Å². The molecule has 1 aromatic heterocycles. The molecule has 1 heterocycles. The van der Waals surface area contributed by atoms with Gasteiger partial charge in [-0.2, -0.15) is 0 Å². The first-order chi connectivity index (χ1) is 9.19. The molecule has 3 nitrogen and oxygen atoms in total. The van der Waals surface area contributed by atoms with Crippen LogP contribution in [-0.2, 0) is 6.61 Å². The van der Waals surface area contributed by atoms with Crippen LogP contribution in [0.5, 0.6) is 5.75 Å². The van der Waals surface area contributed by atoms with E-state index in [4.69, 9.17) is 22.1 Å². The average Bonchev–Trinajstić information content (AvgIpc) is 2.46. The molecule has 0 spiro atoms. The molecule has 0 aliphatic heterocycles. The van der Waals surface area contributed by atoms with Gasteiger partial charge in [-0.1, -0.05) is 30.7 Å². The van der Waals surface area contributed by atoms with Gasteiger partial charge in [-0.25, -0.2) is 0 Å². The fourth-order valence-corrected chi connectivity index (χ4v) is 1.78. The molecule has 1 aromatic carbocycles. The molecular weight excluding hydrogens is 260 g/mol. The van der Waals surface area contributed by atoms with Crippen LogP contribution in [0.1, 0.15) is 30.6 Å². The van der Waals surface area contributed by atoms with Crippen LogP contribution in [0, 0.1) is 0 Å². The van der Waals surface area contributed by atoms with Gasteiger partial charge in [-0.15, -0.1) is 0 Å². The van der Waals surface area contributed by atoms with E-state index in [0.717, 1.165) is 28.5 Å². The first-order valence-corrected chi connectivity index (χ1v) is 6.65. The minimum atomic E-state index is -0.00897. The van der Waals surface area contributed by atoms with Gasteiger partial charge in [-0.3, -0.25) is 4.98 Å². The van der Waals surface area contributed by atoms with E-state index in [1.165, 1.54) is 0 Å². The summed E-state index contributed by atoms with van der Waals surface area (Å²) in [7, 11) is 0. The number of hydrogen-bond acceptors (Lipinski definition) is 3. The maximum Gasteiger partial charge on any atom is 0.138 e. The summed E-state index contributed by atoms with van der Waals surface area (Å²) < 4.78 is 5.65. The second kappa shape index (κ2) is 6.55. The lowest BCUT2D eigenvalue weighted by Gasteiger charge is -2.10. The van der Waals surface area contributed by atoms with E-state index in [9.17, 15) is 0 Å². The topological polar surface area (TPSA) is 48.1 Å². The quantitative estimate of drug-likeness (QED) is 0.905. The lowest BCUT2D eigenvalue weighted by molar-refractivity contribution is 0.304. The normalized spacial score (nSPS) is 12.2. The summed E-state index contributed by atoms with van der Waals surface area (Å²) in [6.45, 7) is 2.54. The first kappa shape index (κ1) is 13.8. The Labute approximate surface area is 118 Å². The van der Waals surface area contributed by atoms with Crippen LogP contribution >= 0.6 is 11.6 Å². The summed E-state index contributed by atoms with van der Waals surface area (Å²) in [6.07, 6.45) is 2.58. The number of halogens is 1. The van der Waals surface area contributed by atoms with Crippen LogP contribution < -0.4 is 10.5 Å². The monoisotopic (exact) mass is 276 g/mol. The van der Waals surface area contributed by atoms with Crippen LogP contribution in [0.3, 0.4) is 0 Å². The highest BCUT2D eigenvalue weighted by molar-refractivity contribution is 6.30. The van der Waals surface area contributed by atoms with Gasteiger partial charge in [0.1, 0.15) is 12.4 Å². The summed E-state index contributed by atoms with van der Waals surface area (Å²) in [6, 6.07) is 11.4. The fraction of sp³-hybridized carbons (Fsp3) is 0.267. The van der Waals surface area contributed by atoms with E-state index in [0.29, 0.717) is 6.61 Å². The Bertz CT molecular complexity index is 511. The Morgan fingerprint density at radius 2 is 1.95 bits per heavy atom. The molecule has 0 unspecified atom stereocenters. The van der Waals surface area contributed by atoms with E-state index < -0.39 is 0 Å². The van der Waals surface area contributed by atoms with Crippen LogP contribution in [0.4, 0.5) is 0 Å². The van der Waals surface area contributed by atoms with Crippen LogP contribution in [-0.4, -0.2) is 4.98 Å². The molecule has 1 atom stereocenters. The molecule has 4 heteroatoms. The highest BCUT2D eigenvalue weighted by Gasteiger charge is 2.04. The summed E-state index contributed by atoms with van der Waals surface area (Å²) >= 11 is 5.83. The second-order valence-electron chi connectivity index (χ2n) is 4.35. The van der Waals surface area contributed by atoms with Gasteiger partial charge in [0.15, 0.2) is 0 Å². The van der Waals surface area contributed by atoms with E-state index in [1.807, 2.05) is 43.3 Å². The molecule has 0 fully saturated rings. The van der Waals surface area contributed by atoms with Crippen molar-refractivity contribution >= 4 is 11.6 Å². The summed E-state index contributed by atoms with van der Waals surface area (Å²) in [5.74, 6) is 0.738. The van der Waals surface area contributed by atoms with E-state index in [2.05, 4.69) is 4.98 Å². The van der Waals surface area contributed by atoms with E-state index in [-0.39, 0.29) is 6.04 Å². The predicted octanol–water partition coefficient (Wildman–Crippen LogP) is 3.72. The van der Waals surface area contributed by atoms with Gasteiger partial charge < -0.3 is 10.5 Å². The maximum absolute atomic E-state index is 5.91. The number of hydrogen-bond donors (Lipinski definition) is 1. The number of nitrogens with two attached hydrogens (primary N) is 1. The molecule has 2 rings (SSSR count). The molecule has 0 radical (unpaired) electrons. The minimum absolute atomic E-state index is 0.00897. The second-order valence-corrected chi connectivity index (χ2v) is 4.79. The number of ether oxygens (including phenoxy) is 1. The largest absolute Gasteiger partial charge is 0.487 e. The molecule has 0 saturated heterocycles. The molecule has 0 amide bonds. The SMILES string of the molecule is CC[C@H](N)c1ccc(OCc2ccc(Cl)cc2)cn1. The third-order valence-electron chi connectivity index (χ3n) is 2.90. The summed E-state index contributed by atoms with van der Waals surface area (Å²) in [5.41, 5.74) is 7.87. The highest BCUT2D eigenvalue weighted by atomic mass is 35.5. The Kier molecular flexibility index (Phi) is 4.77. The maximum atomic E-state index is 5.91. The van der Waals surface area contributed by atoms with Crippen molar-refractivity contribution < 1.29 is 4.74 Å². The lowest BCUT2D eigenvalue weighted by atomic mass is 10.1. The number of pyridine rings is 1. The molecule has 100 valence electrons. The van der Waals surface area contributed by atoms with E-state index in [1.54, 1.807) is 6.20 Å². The van der Waals surface area contributed by atoms with Crippen LogP contribution in [0.2, 0.25) is 5.02 Å². The molecular formula is C15H17ClN2O. The van der Waals surface area contributed by atoms with Gasteiger partial charge in [0.05, 0.1) is 11.9 Å². The van der Waals surface area contributed by atoms with Crippen molar-refractivity contribution in [2.75, 3.05) is 0 Å². The zero-order valence-electron chi connectivity index (χ0n) is 10.8. The van der Waals surface area contributed by atoms with Crippen molar-refractivity contribution in [2.45, 2.75) is 26.0 Å². The number of benzene rings is 1. The van der Waals surface area contributed by atoms with Gasteiger partial charge in [-0.05, 0) is 36.2 Å². The number of nitrogens with zero attached hydrogens (tertiary/aromatic N) is 1. The van der Waals surface area contributed by atoms with Crippen molar-refractivity contribution in [1.29, 1.82) is 0 Å². The third kappa shape index (κ3) is 3.94. The van der Waals surface area contributed by atoms with Gasteiger partial charge in [0, 0.05) is 11.1 Å². The van der Waals surface area contributed by atoms with E-state index >= 15 is 0 Å². The van der Waals surface area contributed by atoms with Gasteiger partial charge in [0.25, 0.3) is 0 Å². The Balaban J connectivity index is 1.94. The molecule has 2 aromatic rings. The molecule has 0 saturated carbocycles. The average molecular weight is 277 g/mol. The molecule has 0 aliphatic rings. The summed E-state index contributed by atoms with van der Waals surface area (Å²) in [4.78, 5) is 4.30. The molecule has 0 bridgehead atoms. The molecule has 0 aliphatic carbocycles. The Morgan fingerprint density at radius 3 is 2.53 bits per heavy atom. The fourth-order valence-electron chi connectivity index (χ4n) is 1.65. The standard InChI is InChI=1S/C15H17ClN2O/c1-2-14(17)15-8-7-13(9-18-15)19-10-11-3-5-12(16)6-4-11/h3-9,14H,2,10,17H2,1H3/t14-/m0/s1.